The Hall–Kier alpha value is -3.02. The fourth-order valence-corrected chi connectivity index (χ4v) is 2.21. The van der Waals surface area contributed by atoms with Gasteiger partial charge in [-0.25, -0.2) is 14.1 Å². The Bertz CT molecular complexity index is 785. The van der Waals surface area contributed by atoms with Crippen molar-refractivity contribution >= 4 is 11.6 Å². The van der Waals surface area contributed by atoms with Gasteiger partial charge >= 0.3 is 0 Å². The first kappa shape index (κ1) is 14.9. The number of halogens is 1. The zero-order valence-corrected chi connectivity index (χ0v) is 12.3. The van der Waals surface area contributed by atoms with E-state index in [0.29, 0.717) is 17.7 Å². The van der Waals surface area contributed by atoms with E-state index in [2.05, 4.69) is 15.4 Å². The van der Waals surface area contributed by atoms with Gasteiger partial charge in [0.2, 0.25) is 5.91 Å². The summed E-state index contributed by atoms with van der Waals surface area (Å²) in [6.45, 7) is 0. The molecular formula is C17H15FN4O. The maximum atomic E-state index is 13.5. The van der Waals surface area contributed by atoms with Crippen LogP contribution < -0.4 is 5.32 Å². The number of aryl methyl sites for hydroxylation is 1. The predicted octanol–water partition coefficient (Wildman–Crippen LogP) is 2.98. The van der Waals surface area contributed by atoms with Crippen LogP contribution in [-0.4, -0.2) is 20.7 Å². The molecule has 2 aromatic carbocycles. The van der Waals surface area contributed by atoms with Gasteiger partial charge in [0, 0.05) is 12.1 Å². The third-order valence-electron chi connectivity index (χ3n) is 3.41. The molecule has 0 saturated carbocycles. The normalized spacial score (nSPS) is 10.5. The highest BCUT2D eigenvalue weighted by atomic mass is 19.1. The second-order valence-corrected chi connectivity index (χ2v) is 5.03. The number of nitrogens with zero attached hydrogens (tertiary/aromatic N) is 3. The summed E-state index contributed by atoms with van der Waals surface area (Å²) in [5.74, 6) is -0.431. The molecule has 0 aliphatic rings. The Kier molecular flexibility index (Phi) is 4.42. The molecule has 1 amide bonds. The number of rotatable bonds is 5. The van der Waals surface area contributed by atoms with Gasteiger partial charge in [0.05, 0.1) is 5.69 Å². The summed E-state index contributed by atoms with van der Waals surface area (Å²) in [7, 11) is 0. The zero-order chi connectivity index (χ0) is 16.1. The van der Waals surface area contributed by atoms with Crippen molar-refractivity contribution in [3.63, 3.8) is 0 Å². The molecule has 3 aromatic rings. The summed E-state index contributed by atoms with van der Waals surface area (Å²) >= 11 is 0. The van der Waals surface area contributed by atoms with Gasteiger partial charge in [-0.1, -0.05) is 18.2 Å². The molecule has 6 heteroatoms. The number of hydrogen-bond donors (Lipinski definition) is 1. The number of carbonyl (C=O) groups is 1. The van der Waals surface area contributed by atoms with Gasteiger partial charge in [-0.3, -0.25) is 4.79 Å². The minimum absolute atomic E-state index is 0.151. The van der Waals surface area contributed by atoms with Crippen molar-refractivity contribution < 1.29 is 9.18 Å². The smallest absolute Gasteiger partial charge is 0.224 e. The van der Waals surface area contributed by atoms with Crippen LogP contribution in [-0.2, 0) is 11.2 Å². The molecule has 0 aliphatic carbocycles. The minimum atomic E-state index is -0.280. The summed E-state index contributed by atoms with van der Waals surface area (Å²) < 4.78 is 15.1. The van der Waals surface area contributed by atoms with E-state index in [0.717, 1.165) is 5.69 Å². The molecule has 1 N–H and O–H groups in total. The molecule has 0 radical (unpaired) electrons. The second kappa shape index (κ2) is 6.83. The van der Waals surface area contributed by atoms with Crippen LogP contribution in [0.3, 0.4) is 0 Å². The molecule has 0 fully saturated rings. The van der Waals surface area contributed by atoms with Crippen molar-refractivity contribution in [2.24, 2.45) is 0 Å². The average Bonchev–Trinajstić information content (AvgIpc) is 3.09. The fourth-order valence-electron chi connectivity index (χ4n) is 2.21. The molecule has 5 nitrogen and oxygen atoms in total. The standard InChI is InChI=1S/C17H15FN4O/c18-16-4-2-1-3-13(16)5-10-17(23)21-14-6-8-15(9-7-14)22-12-19-11-20-22/h1-4,6-9,11-12H,5,10H2,(H,21,23). The van der Waals surface area contributed by atoms with E-state index in [4.69, 9.17) is 0 Å². The topological polar surface area (TPSA) is 59.8 Å². The first-order valence-corrected chi connectivity index (χ1v) is 7.21. The molecule has 1 heterocycles. The molecule has 3 rings (SSSR count). The first-order valence-electron chi connectivity index (χ1n) is 7.21. The van der Waals surface area contributed by atoms with Gasteiger partial charge in [-0.2, -0.15) is 5.10 Å². The highest BCUT2D eigenvalue weighted by Gasteiger charge is 2.06. The van der Waals surface area contributed by atoms with Gasteiger partial charge < -0.3 is 5.32 Å². The molecule has 0 aliphatic heterocycles. The zero-order valence-electron chi connectivity index (χ0n) is 12.3. The highest BCUT2D eigenvalue weighted by Crippen LogP contribution is 2.14. The summed E-state index contributed by atoms with van der Waals surface area (Å²) in [5, 5.41) is 6.83. The Labute approximate surface area is 132 Å². The SMILES string of the molecule is O=C(CCc1ccccc1F)Nc1ccc(-n2cncn2)cc1. The number of amides is 1. The van der Waals surface area contributed by atoms with Gasteiger partial charge in [-0.15, -0.1) is 0 Å². The fraction of sp³-hybridized carbons (Fsp3) is 0.118. The van der Waals surface area contributed by atoms with E-state index in [1.54, 1.807) is 41.3 Å². The van der Waals surface area contributed by atoms with Crippen molar-refractivity contribution in [3.05, 3.63) is 72.6 Å². The van der Waals surface area contributed by atoms with Crippen molar-refractivity contribution in [2.45, 2.75) is 12.8 Å². The van der Waals surface area contributed by atoms with Crippen LogP contribution >= 0.6 is 0 Å². The van der Waals surface area contributed by atoms with Crippen LogP contribution in [0.4, 0.5) is 10.1 Å². The van der Waals surface area contributed by atoms with Crippen LogP contribution in [0.25, 0.3) is 5.69 Å². The van der Waals surface area contributed by atoms with Crippen LogP contribution in [0, 0.1) is 5.82 Å². The lowest BCUT2D eigenvalue weighted by molar-refractivity contribution is -0.116. The molecule has 23 heavy (non-hydrogen) atoms. The number of hydrogen-bond acceptors (Lipinski definition) is 3. The Morgan fingerprint density at radius 2 is 1.91 bits per heavy atom. The maximum Gasteiger partial charge on any atom is 0.224 e. The van der Waals surface area contributed by atoms with Gasteiger partial charge in [0.1, 0.15) is 18.5 Å². The van der Waals surface area contributed by atoms with Gasteiger partial charge in [0.25, 0.3) is 0 Å². The van der Waals surface area contributed by atoms with Gasteiger partial charge in [0.15, 0.2) is 0 Å². The average molecular weight is 310 g/mol. The largest absolute Gasteiger partial charge is 0.326 e. The maximum absolute atomic E-state index is 13.5. The molecule has 0 unspecified atom stereocenters. The molecule has 116 valence electrons. The Balaban J connectivity index is 1.57. The summed E-state index contributed by atoms with van der Waals surface area (Å²) in [6.07, 6.45) is 3.65. The molecular weight excluding hydrogens is 295 g/mol. The van der Waals surface area contributed by atoms with E-state index in [1.807, 2.05) is 12.1 Å². The third-order valence-corrected chi connectivity index (χ3v) is 3.41. The van der Waals surface area contributed by atoms with Crippen molar-refractivity contribution in [3.8, 4) is 5.69 Å². The molecule has 0 atom stereocenters. The number of aromatic nitrogens is 3. The minimum Gasteiger partial charge on any atom is -0.326 e. The van der Waals surface area contributed by atoms with E-state index in [-0.39, 0.29) is 18.1 Å². The molecule has 0 spiro atoms. The lowest BCUT2D eigenvalue weighted by atomic mass is 10.1. The number of anilines is 1. The number of benzene rings is 2. The second-order valence-electron chi connectivity index (χ2n) is 5.03. The Morgan fingerprint density at radius 3 is 2.61 bits per heavy atom. The molecule has 1 aromatic heterocycles. The number of carbonyl (C=O) groups excluding carboxylic acids is 1. The van der Waals surface area contributed by atoms with Crippen LogP contribution in [0.15, 0.2) is 61.2 Å². The lowest BCUT2D eigenvalue weighted by Gasteiger charge is -2.07. The third kappa shape index (κ3) is 3.79. The van der Waals surface area contributed by atoms with E-state index < -0.39 is 0 Å². The van der Waals surface area contributed by atoms with Crippen LogP contribution in [0.2, 0.25) is 0 Å². The summed E-state index contributed by atoms with van der Waals surface area (Å²) in [5.41, 5.74) is 2.09. The van der Waals surface area contributed by atoms with Crippen molar-refractivity contribution in [1.82, 2.24) is 14.8 Å². The monoisotopic (exact) mass is 310 g/mol. The highest BCUT2D eigenvalue weighted by molar-refractivity contribution is 5.90. The van der Waals surface area contributed by atoms with Crippen molar-refractivity contribution in [2.75, 3.05) is 5.32 Å². The lowest BCUT2D eigenvalue weighted by Crippen LogP contribution is -2.12. The summed E-state index contributed by atoms with van der Waals surface area (Å²) in [6, 6.07) is 13.7. The van der Waals surface area contributed by atoms with Gasteiger partial charge in [-0.05, 0) is 42.3 Å². The van der Waals surface area contributed by atoms with E-state index in [1.165, 1.54) is 12.4 Å². The quantitative estimate of drug-likeness (QED) is 0.788. The number of nitrogens with one attached hydrogen (secondary N) is 1. The molecule has 0 bridgehead atoms. The first-order chi connectivity index (χ1) is 11.2. The Morgan fingerprint density at radius 1 is 1.13 bits per heavy atom. The van der Waals surface area contributed by atoms with Crippen LogP contribution in [0.1, 0.15) is 12.0 Å². The van der Waals surface area contributed by atoms with Crippen molar-refractivity contribution in [1.29, 1.82) is 0 Å². The summed E-state index contributed by atoms with van der Waals surface area (Å²) in [4.78, 5) is 15.8. The van der Waals surface area contributed by atoms with E-state index in [9.17, 15) is 9.18 Å². The van der Waals surface area contributed by atoms with E-state index >= 15 is 0 Å². The molecule has 0 saturated heterocycles. The van der Waals surface area contributed by atoms with Crippen LogP contribution in [0.5, 0.6) is 0 Å². The predicted molar refractivity (Wildman–Crippen MR) is 84.7 cm³/mol.